The second-order valence-electron chi connectivity index (χ2n) is 4.78. The Bertz CT molecular complexity index is 511. The maximum Gasteiger partial charge on any atom is 0.446 e. The van der Waals surface area contributed by atoms with Crippen molar-refractivity contribution in [3.05, 3.63) is 24.3 Å². The van der Waals surface area contributed by atoms with Crippen LogP contribution in [0, 0.1) is 11.3 Å². The van der Waals surface area contributed by atoms with Crippen molar-refractivity contribution in [1.29, 1.82) is 5.26 Å². The van der Waals surface area contributed by atoms with Gasteiger partial charge in [-0.05, 0) is 30.0 Å². The zero-order chi connectivity index (χ0) is 15.3. The van der Waals surface area contributed by atoms with Gasteiger partial charge in [0.1, 0.15) is 0 Å². The Kier molecular flexibility index (Phi) is 7.33. The lowest BCUT2D eigenvalue weighted by Gasteiger charge is -2.35. The number of alkyl halides is 3. The molecule has 0 radical (unpaired) electrons. The SMILES string of the molecule is Cl.N#CCCN1CCN(c2cccc(SC(F)(F)F)c2)CC1. The second-order valence-corrected chi connectivity index (χ2v) is 5.92. The number of rotatable bonds is 4. The first-order valence-corrected chi connectivity index (χ1v) is 7.49. The molecule has 0 bridgehead atoms. The molecule has 2 rings (SSSR count). The van der Waals surface area contributed by atoms with Gasteiger partial charge in [0.25, 0.3) is 0 Å². The van der Waals surface area contributed by atoms with Crippen LogP contribution in [-0.4, -0.2) is 43.1 Å². The predicted octanol–water partition coefficient (Wildman–Crippen LogP) is 3.76. The molecule has 1 fully saturated rings. The van der Waals surface area contributed by atoms with E-state index >= 15 is 0 Å². The Labute approximate surface area is 138 Å². The van der Waals surface area contributed by atoms with Gasteiger partial charge in [0.2, 0.25) is 0 Å². The molecule has 1 aliphatic heterocycles. The summed E-state index contributed by atoms with van der Waals surface area (Å²) in [5.74, 6) is 0. The molecule has 0 spiro atoms. The number of hydrogen-bond acceptors (Lipinski definition) is 4. The van der Waals surface area contributed by atoms with Crippen LogP contribution >= 0.6 is 24.2 Å². The molecule has 0 amide bonds. The molecule has 0 atom stereocenters. The fraction of sp³-hybridized carbons (Fsp3) is 0.500. The molecular formula is C14H17ClF3N3S. The van der Waals surface area contributed by atoms with Gasteiger partial charge in [-0.3, -0.25) is 4.90 Å². The number of nitrogens with zero attached hydrogens (tertiary/aromatic N) is 3. The smallest absolute Gasteiger partial charge is 0.369 e. The van der Waals surface area contributed by atoms with Crippen LogP contribution < -0.4 is 4.90 Å². The maximum absolute atomic E-state index is 12.4. The van der Waals surface area contributed by atoms with Crippen LogP contribution in [0.5, 0.6) is 0 Å². The molecule has 1 aliphatic rings. The summed E-state index contributed by atoms with van der Waals surface area (Å²) >= 11 is -0.0826. The van der Waals surface area contributed by atoms with E-state index in [1.165, 1.54) is 6.07 Å². The fourth-order valence-electron chi connectivity index (χ4n) is 2.32. The number of halogens is 4. The van der Waals surface area contributed by atoms with Gasteiger partial charge in [0.05, 0.1) is 6.07 Å². The topological polar surface area (TPSA) is 30.3 Å². The van der Waals surface area contributed by atoms with Crippen molar-refractivity contribution < 1.29 is 13.2 Å². The van der Waals surface area contributed by atoms with E-state index in [2.05, 4.69) is 15.9 Å². The summed E-state index contributed by atoms with van der Waals surface area (Å²) in [4.78, 5) is 4.50. The summed E-state index contributed by atoms with van der Waals surface area (Å²) in [6.07, 6.45) is 0.512. The van der Waals surface area contributed by atoms with Crippen LogP contribution in [0.25, 0.3) is 0 Å². The molecule has 0 unspecified atom stereocenters. The number of benzene rings is 1. The second kappa shape index (κ2) is 8.51. The average molecular weight is 352 g/mol. The van der Waals surface area contributed by atoms with E-state index in [-0.39, 0.29) is 29.1 Å². The molecule has 22 heavy (non-hydrogen) atoms. The number of hydrogen-bond donors (Lipinski definition) is 0. The average Bonchev–Trinajstić information content (AvgIpc) is 2.44. The van der Waals surface area contributed by atoms with Crippen molar-refractivity contribution in [2.75, 3.05) is 37.6 Å². The normalized spacial score (nSPS) is 16.0. The Balaban J connectivity index is 0.00000242. The summed E-state index contributed by atoms with van der Waals surface area (Å²) in [7, 11) is 0. The van der Waals surface area contributed by atoms with Gasteiger partial charge in [0, 0.05) is 49.7 Å². The van der Waals surface area contributed by atoms with Crippen LogP contribution in [-0.2, 0) is 0 Å². The van der Waals surface area contributed by atoms with Crippen molar-refractivity contribution >= 4 is 29.9 Å². The summed E-state index contributed by atoms with van der Waals surface area (Å²) < 4.78 is 37.2. The van der Waals surface area contributed by atoms with E-state index in [4.69, 9.17) is 5.26 Å². The van der Waals surface area contributed by atoms with Crippen molar-refractivity contribution in [3.8, 4) is 6.07 Å². The van der Waals surface area contributed by atoms with Crippen molar-refractivity contribution in [1.82, 2.24) is 4.90 Å². The molecule has 122 valence electrons. The molecule has 1 saturated heterocycles. The van der Waals surface area contributed by atoms with E-state index in [1.54, 1.807) is 12.1 Å². The maximum atomic E-state index is 12.4. The summed E-state index contributed by atoms with van der Waals surface area (Å²) in [5.41, 5.74) is -3.43. The third kappa shape index (κ3) is 5.95. The van der Waals surface area contributed by atoms with Gasteiger partial charge in [-0.25, -0.2) is 0 Å². The molecule has 1 heterocycles. The number of piperazine rings is 1. The minimum atomic E-state index is -4.26. The Morgan fingerprint density at radius 1 is 1.18 bits per heavy atom. The van der Waals surface area contributed by atoms with Gasteiger partial charge >= 0.3 is 5.51 Å². The number of anilines is 1. The van der Waals surface area contributed by atoms with Crippen LogP contribution in [0.2, 0.25) is 0 Å². The van der Waals surface area contributed by atoms with Crippen molar-refractivity contribution in [2.45, 2.75) is 16.8 Å². The lowest BCUT2D eigenvalue weighted by molar-refractivity contribution is -0.0328. The Morgan fingerprint density at radius 3 is 2.45 bits per heavy atom. The molecule has 0 aromatic heterocycles. The molecule has 8 heteroatoms. The van der Waals surface area contributed by atoms with E-state index in [1.807, 2.05) is 6.07 Å². The lowest BCUT2D eigenvalue weighted by atomic mass is 10.2. The van der Waals surface area contributed by atoms with Gasteiger partial charge in [-0.15, -0.1) is 12.4 Å². The zero-order valence-electron chi connectivity index (χ0n) is 11.8. The molecule has 3 nitrogen and oxygen atoms in total. The molecule has 0 aliphatic carbocycles. The highest BCUT2D eigenvalue weighted by atomic mass is 35.5. The highest BCUT2D eigenvalue weighted by Gasteiger charge is 2.29. The van der Waals surface area contributed by atoms with Gasteiger partial charge in [-0.2, -0.15) is 18.4 Å². The van der Waals surface area contributed by atoms with Gasteiger partial charge in [0.15, 0.2) is 0 Å². The molecule has 1 aromatic carbocycles. The van der Waals surface area contributed by atoms with E-state index < -0.39 is 5.51 Å². The first-order valence-electron chi connectivity index (χ1n) is 6.68. The summed E-state index contributed by atoms with van der Waals surface area (Å²) in [5, 5.41) is 8.57. The minimum Gasteiger partial charge on any atom is -0.369 e. The Morgan fingerprint density at radius 2 is 1.86 bits per heavy atom. The third-order valence-corrected chi connectivity index (χ3v) is 4.05. The fourth-order valence-corrected chi connectivity index (χ4v) is 2.91. The van der Waals surface area contributed by atoms with Crippen molar-refractivity contribution in [2.24, 2.45) is 0 Å². The largest absolute Gasteiger partial charge is 0.446 e. The number of nitriles is 1. The van der Waals surface area contributed by atoms with E-state index in [0.29, 0.717) is 6.42 Å². The van der Waals surface area contributed by atoms with Crippen LogP contribution in [0.1, 0.15) is 6.42 Å². The van der Waals surface area contributed by atoms with E-state index in [0.717, 1.165) is 38.4 Å². The first kappa shape index (κ1) is 18.9. The molecule has 1 aromatic rings. The molecule has 0 N–H and O–H groups in total. The van der Waals surface area contributed by atoms with Crippen molar-refractivity contribution in [3.63, 3.8) is 0 Å². The van der Waals surface area contributed by atoms with Gasteiger partial charge < -0.3 is 4.90 Å². The highest BCUT2D eigenvalue weighted by molar-refractivity contribution is 8.00. The third-order valence-electron chi connectivity index (χ3n) is 3.33. The molecule has 0 saturated carbocycles. The van der Waals surface area contributed by atoms with Crippen LogP contribution in [0.4, 0.5) is 18.9 Å². The lowest BCUT2D eigenvalue weighted by Crippen LogP contribution is -2.46. The monoisotopic (exact) mass is 351 g/mol. The molecular weight excluding hydrogens is 335 g/mol. The quantitative estimate of drug-likeness (QED) is 0.773. The van der Waals surface area contributed by atoms with E-state index in [9.17, 15) is 13.2 Å². The van der Waals surface area contributed by atoms with Gasteiger partial charge in [-0.1, -0.05) is 6.07 Å². The number of thioether (sulfide) groups is 1. The Hall–Kier alpha value is -1.10. The zero-order valence-corrected chi connectivity index (χ0v) is 13.5. The summed E-state index contributed by atoms with van der Waals surface area (Å²) in [6.45, 7) is 3.96. The predicted molar refractivity (Wildman–Crippen MR) is 84.5 cm³/mol. The highest BCUT2D eigenvalue weighted by Crippen LogP contribution is 2.38. The minimum absolute atomic E-state index is 0. The summed E-state index contributed by atoms with van der Waals surface area (Å²) in [6, 6.07) is 8.68. The van der Waals surface area contributed by atoms with Crippen LogP contribution in [0.15, 0.2) is 29.2 Å². The van der Waals surface area contributed by atoms with Crippen LogP contribution in [0.3, 0.4) is 0 Å². The standard InChI is InChI=1S/C14H16F3N3S.ClH/c15-14(16,17)21-13-4-1-3-12(11-13)20-9-7-19(8-10-20)6-2-5-18;/h1,3-4,11H,2,6-10H2;1H. The first-order chi connectivity index (χ1) is 9.98.